The topological polar surface area (TPSA) is 92.5 Å². The molecule has 1 rings (SSSR count). The SMILES string of the molecule is CC(NCc1cc(Cl)ccc1[N+](=O)[O-])C(=O)O. The third-order valence-electron chi connectivity index (χ3n) is 2.21. The van der Waals surface area contributed by atoms with Crippen LogP contribution in [0.4, 0.5) is 5.69 Å². The first kappa shape index (κ1) is 13.4. The Kier molecular flexibility index (Phi) is 4.42. The lowest BCUT2D eigenvalue weighted by Crippen LogP contribution is -2.33. The van der Waals surface area contributed by atoms with Crippen molar-refractivity contribution in [1.29, 1.82) is 0 Å². The molecule has 0 radical (unpaired) electrons. The van der Waals surface area contributed by atoms with Crippen LogP contribution in [0.1, 0.15) is 12.5 Å². The van der Waals surface area contributed by atoms with Crippen molar-refractivity contribution < 1.29 is 14.8 Å². The molecule has 0 aliphatic heterocycles. The molecule has 1 aromatic rings. The highest BCUT2D eigenvalue weighted by Crippen LogP contribution is 2.22. The largest absolute Gasteiger partial charge is 0.480 e. The lowest BCUT2D eigenvalue weighted by Gasteiger charge is -2.09. The summed E-state index contributed by atoms with van der Waals surface area (Å²) >= 11 is 5.73. The number of nitro groups is 1. The highest BCUT2D eigenvalue weighted by Gasteiger charge is 2.16. The molecule has 0 spiro atoms. The number of hydrogen-bond donors (Lipinski definition) is 2. The molecule has 0 amide bonds. The molecular formula is C10H11ClN2O4. The van der Waals surface area contributed by atoms with Crippen LogP contribution in [0.5, 0.6) is 0 Å². The predicted octanol–water partition coefficient (Wildman–Crippen LogP) is 1.81. The van der Waals surface area contributed by atoms with E-state index in [-0.39, 0.29) is 12.2 Å². The van der Waals surface area contributed by atoms with E-state index < -0.39 is 16.9 Å². The molecule has 2 N–H and O–H groups in total. The van der Waals surface area contributed by atoms with Gasteiger partial charge >= 0.3 is 5.97 Å². The number of carboxylic acids is 1. The van der Waals surface area contributed by atoms with Crippen molar-refractivity contribution in [2.24, 2.45) is 0 Å². The first-order valence-electron chi connectivity index (χ1n) is 4.81. The second kappa shape index (κ2) is 5.60. The van der Waals surface area contributed by atoms with Gasteiger partial charge in [0.1, 0.15) is 6.04 Å². The van der Waals surface area contributed by atoms with Gasteiger partial charge in [-0.15, -0.1) is 0 Å². The molecule has 0 saturated heterocycles. The summed E-state index contributed by atoms with van der Waals surface area (Å²) in [5, 5.41) is 22.4. The van der Waals surface area contributed by atoms with E-state index in [4.69, 9.17) is 16.7 Å². The summed E-state index contributed by atoms with van der Waals surface area (Å²) in [6.07, 6.45) is 0. The fourth-order valence-electron chi connectivity index (χ4n) is 1.22. The third kappa shape index (κ3) is 3.69. The summed E-state index contributed by atoms with van der Waals surface area (Å²) in [6, 6.07) is 3.38. The van der Waals surface area contributed by atoms with E-state index in [1.165, 1.54) is 25.1 Å². The molecule has 7 heteroatoms. The Morgan fingerprint density at radius 2 is 2.29 bits per heavy atom. The fraction of sp³-hybridized carbons (Fsp3) is 0.300. The highest BCUT2D eigenvalue weighted by molar-refractivity contribution is 6.30. The smallest absolute Gasteiger partial charge is 0.320 e. The first-order valence-corrected chi connectivity index (χ1v) is 5.18. The monoisotopic (exact) mass is 258 g/mol. The number of nitrogens with zero attached hydrogens (tertiary/aromatic N) is 1. The standard InChI is InChI=1S/C10H11ClN2O4/c1-6(10(14)15)12-5-7-4-8(11)2-3-9(7)13(16)17/h2-4,6,12H,5H2,1H3,(H,14,15). The van der Waals surface area contributed by atoms with Crippen LogP contribution in [0.2, 0.25) is 5.02 Å². The van der Waals surface area contributed by atoms with Crippen molar-refractivity contribution in [3.8, 4) is 0 Å². The van der Waals surface area contributed by atoms with E-state index in [2.05, 4.69) is 5.32 Å². The van der Waals surface area contributed by atoms with Crippen LogP contribution in [0, 0.1) is 10.1 Å². The molecule has 0 aliphatic rings. The van der Waals surface area contributed by atoms with E-state index in [0.717, 1.165) is 0 Å². The first-order chi connectivity index (χ1) is 7.91. The number of rotatable bonds is 5. The molecule has 92 valence electrons. The summed E-state index contributed by atoms with van der Waals surface area (Å²) in [4.78, 5) is 20.8. The molecule has 1 unspecified atom stereocenters. The zero-order chi connectivity index (χ0) is 13.0. The molecular weight excluding hydrogens is 248 g/mol. The summed E-state index contributed by atoms with van der Waals surface area (Å²) in [5.41, 5.74) is 0.273. The van der Waals surface area contributed by atoms with E-state index in [1.54, 1.807) is 0 Å². The fourth-order valence-corrected chi connectivity index (χ4v) is 1.42. The Hall–Kier alpha value is -1.66. The van der Waals surface area contributed by atoms with Gasteiger partial charge in [0.05, 0.1) is 4.92 Å². The van der Waals surface area contributed by atoms with Crippen LogP contribution in [0.25, 0.3) is 0 Å². The maximum atomic E-state index is 10.7. The quantitative estimate of drug-likeness (QED) is 0.621. The van der Waals surface area contributed by atoms with Crippen molar-refractivity contribution in [2.45, 2.75) is 19.5 Å². The van der Waals surface area contributed by atoms with Gasteiger partial charge in [-0.3, -0.25) is 14.9 Å². The van der Waals surface area contributed by atoms with Crippen molar-refractivity contribution in [2.75, 3.05) is 0 Å². The molecule has 0 fully saturated rings. The van der Waals surface area contributed by atoms with Crippen molar-refractivity contribution in [3.05, 3.63) is 38.9 Å². The number of carbonyl (C=O) groups is 1. The van der Waals surface area contributed by atoms with Crippen molar-refractivity contribution in [3.63, 3.8) is 0 Å². The molecule has 0 aromatic heterocycles. The van der Waals surface area contributed by atoms with Gasteiger partial charge in [-0.25, -0.2) is 0 Å². The van der Waals surface area contributed by atoms with Gasteiger partial charge in [0, 0.05) is 23.2 Å². The molecule has 6 nitrogen and oxygen atoms in total. The van der Waals surface area contributed by atoms with E-state index in [9.17, 15) is 14.9 Å². The summed E-state index contributed by atoms with van der Waals surface area (Å²) in [6.45, 7) is 1.53. The Balaban J connectivity index is 2.85. The average Bonchev–Trinajstić information content (AvgIpc) is 2.25. The lowest BCUT2D eigenvalue weighted by atomic mass is 10.1. The number of nitro benzene ring substituents is 1. The Morgan fingerprint density at radius 3 is 2.82 bits per heavy atom. The minimum Gasteiger partial charge on any atom is -0.480 e. The Morgan fingerprint density at radius 1 is 1.65 bits per heavy atom. The summed E-state index contributed by atoms with van der Waals surface area (Å²) in [5.74, 6) is -1.02. The van der Waals surface area contributed by atoms with Crippen LogP contribution < -0.4 is 5.32 Å². The van der Waals surface area contributed by atoms with Gasteiger partial charge < -0.3 is 10.4 Å². The van der Waals surface area contributed by atoms with Crippen molar-refractivity contribution in [1.82, 2.24) is 5.32 Å². The van der Waals surface area contributed by atoms with Crippen LogP contribution in [-0.2, 0) is 11.3 Å². The van der Waals surface area contributed by atoms with Gasteiger partial charge in [0.15, 0.2) is 0 Å². The number of aliphatic carboxylic acids is 1. The van der Waals surface area contributed by atoms with Crippen molar-refractivity contribution >= 4 is 23.3 Å². The molecule has 1 atom stereocenters. The number of hydrogen-bond acceptors (Lipinski definition) is 4. The predicted molar refractivity (Wildman–Crippen MR) is 62.0 cm³/mol. The molecule has 0 aliphatic carbocycles. The van der Waals surface area contributed by atoms with Gasteiger partial charge in [0.2, 0.25) is 0 Å². The number of nitrogens with one attached hydrogen (secondary N) is 1. The van der Waals surface area contributed by atoms with E-state index in [0.29, 0.717) is 10.6 Å². The highest BCUT2D eigenvalue weighted by atomic mass is 35.5. The number of halogens is 1. The molecule has 17 heavy (non-hydrogen) atoms. The second-order valence-corrected chi connectivity index (χ2v) is 3.91. The second-order valence-electron chi connectivity index (χ2n) is 3.47. The Labute approximate surface area is 102 Å². The molecule has 0 heterocycles. The lowest BCUT2D eigenvalue weighted by molar-refractivity contribution is -0.385. The Bertz CT molecular complexity index is 450. The molecule has 0 saturated carbocycles. The van der Waals surface area contributed by atoms with E-state index >= 15 is 0 Å². The third-order valence-corrected chi connectivity index (χ3v) is 2.44. The van der Waals surface area contributed by atoms with Gasteiger partial charge in [-0.1, -0.05) is 11.6 Å². The normalized spacial score (nSPS) is 12.1. The minimum atomic E-state index is -1.02. The number of benzene rings is 1. The average molecular weight is 259 g/mol. The van der Waals surface area contributed by atoms with Gasteiger partial charge in [0.25, 0.3) is 5.69 Å². The maximum absolute atomic E-state index is 10.7. The minimum absolute atomic E-state index is 0.0737. The van der Waals surface area contributed by atoms with Crippen LogP contribution in [0.3, 0.4) is 0 Å². The maximum Gasteiger partial charge on any atom is 0.320 e. The molecule has 1 aromatic carbocycles. The van der Waals surface area contributed by atoms with Gasteiger partial charge in [-0.05, 0) is 19.1 Å². The number of carboxylic acid groups (broad SMARTS) is 1. The zero-order valence-electron chi connectivity index (χ0n) is 9.01. The van der Waals surface area contributed by atoms with Crippen LogP contribution in [0.15, 0.2) is 18.2 Å². The molecule has 0 bridgehead atoms. The van der Waals surface area contributed by atoms with E-state index in [1.807, 2.05) is 0 Å². The summed E-state index contributed by atoms with van der Waals surface area (Å²) < 4.78 is 0. The van der Waals surface area contributed by atoms with Gasteiger partial charge in [-0.2, -0.15) is 0 Å². The van der Waals surface area contributed by atoms with Crippen LogP contribution in [-0.4, -0.2) is 22.0 Å². The zero-order valence-corrected chi connectivity index (χ0v) is 9.77. The van der Waals surface area contributed by atoms with Crippen LogP contribution >= 0.6 is 11.6 Å². The summed E-state index contributed by atoms with van der Waals surface area (Å²) in [7, 11) is 0.